The van der Waals surface area contributed by atoms with Crippen LogP contribution in [0.4, 0.5) is 4.79 Å². The van der Waals surface area contributed by atoms with Gasteiger partial charge in [0.15, 0.2) is 0 Å². The van der Waals surface area contributed by atoms with Crippen LogP contribution in [0.2, 0.25) is 0 Å². The topological polar surface area (TPSA) is 99.0 Å². The molecule has 0 aliphatic carbocycles. The molecule has 0 aliphatic rings. The highest BCUT2D eigenvalue weighted by atomic mass is 16.5. The van der Waals surface area contributed by atoms with Crippen LogP contribution in [-0.2, 0) is 4.74 Å². The van der Waals surface area contributed by atoms with Gasteiger partial charge in [-0.3, -0.25) is 0 Å². The van der Waals surface area contributed by atoms with E-state index in [1.54, 1.807) is 0 Å². The summed E-state index contributed by atoms with van der Waals surface area (Å²) >= 11 is 0. The van der Waals surface area contributed by atoms with Crippen molar-refractivity contribution in [1.82, 2.24) is 5.32 Å². The smallest absolute Gasteiger partial charge is 0.407 e. The average molecular weight is 502 g/mol. The maximum atomic E-state index is 12.2. The molecule has 6 nitrogen and oxygen atoms in total. The van der Waals surface area contributed by atoms with E-state index in [0.29, 0.717) is 12.5 Å². The number of carbonyl (C=O) groups is 1. The first-order valence-corrected chi connectivity index (χ1v) is 14.8. The molecule has 210 valence electrons. The molecule has 35 heavy (non-hydrogen) atoms. The lowest BCUT2D eigenvalue weighted by molar-refractivity contribution is 0.0337. The molecule has 0 aromatic carbocycles. The minimum Gasteiger partial charge on any atom is -0.449 e. The summed E-state index contributed by atoms with van der Waals surface area (Å²) in [6.07, 6.45) is 24.8. The van der Waals surface area contributed by atoms with Gasteiger partial charge in [-0.05, 0) is 18.8 Å². The van der Waals surface area contributed by atoms with Crippen LogP contribution in [0.25, 0.3) is 0 Å². The number of ether oxygens (including phenoxy) is 1. The van der Waals surface area contributed by atoms with Gasteiger partial charge in [-0.15, -0.1) is 0 Å². The molecule has 1 unspecified atom stereocenters. The number of hydrogen-bond acceptors (Lipinski definition) is 5. The molecule has 0 heterocycles. The highest BCUT2D eigenvalue weighted by Gasteiger charge is 2.30. The Hall–Kier alpha value is -0.850. The minimum absolute atomic E-state index is 0.335. The fourth-order valence-electron chi connectivity index (χ4n) is 4.51. The zero-order valence-electron chi connectivity index (χ0n) is 23.2. The quantitative estimate of drug-likeness (QED) is 0.0968. The third kappa shape index (κ3) is 20.0. The van der Waals surface area contributed by atoms with Crippen LogP contribution in [0.3, 0.4) is 0 Å². The lowest BCUT2D eigenvalue weighted by Crippen LogP contribution is -2.57. The van der Waals surface area contributed by atoms with E-state index in [0.717, 1.165) is 25.7 Å². The van der Waals surface area contributed by atoms with Crippen molar-refractivity contribution in [2.45, 2.75) is 148 Å². The van der Waals surface area contributed by atoms with E-state index in [1.807, 2.05) is 0 Å². The number of amides is 1. The summed E-state index contributed by atoms with van der Waals surface area (Å²) in [5.74, 6) is 0.335. The molecule has 6 heteroatoms. The Morgan fingerprint density at radius 2 is 0.971 bits per heavy atom. The van der Waals surface area contributed by atoms with Gasteiger partial charge in [0.05, 0.1) is 26.4 Å². The molecule has 0 aromatic rings. The zero-order valence-corrected chi connectivity index (χ0v) is 23.2. The summed E-state index contributed by atoms with van der Waals surface area (Å²) in [7, 11) is 0. The lowest BCUT2D eigenvalue weighted by atomic mass is 9.94. The summed E-state index contributed by atoms with van der Waals surface area (Å²) in [6.45, 7) is 3.21. The lowest BCUT2D eigenvalue weighted by Gasteiger charge is -2.28. The Balaban J connectivity index is 4.27. The van der Waals surface area contributed by atoms with Crippen molar-refractivity contribution >= 4 is 6.09 Å². The molecule has 1 amide bonds. The number of rotatable bonds is 26. The zero-order chi connectivity index (χ0) is 26.0. The van der Waals surface area contributed by atoms with E-state index in [2.05, 4.69) is 19.2 Å². The van der Waals surface area contributed by atoms with Gasteiger partial charge in [0.25, 0.3) is 0 Å². The summed E-state index contributed by atoms with van der Waals surface area (Å²) in [4.78, 5) is 12.2. The summed E-state index contributed by atoms with van der Waals surface area (Å²) in [5, 5.41) is 30.7. The number of hydrogen-bond donors (Lipinski definition) is 4. The van der Waals surface area contributed by atoms with Crippen LogP contribution in [-0.4, -0.2) is 53.4 Å². The van der Waals surface area contributed by atoms with E-state index in [-0.39, 0.29) is 0 Å². The Morgan fingerprint density at radius 3 is 1.31 bits per heavy atom. The van der Waals surface area contributed by atoms with Gasteiger partial charge in [0.1, 0.15) is 5.54 Å². The molecule has 0 bridgehead atoms. The summed E-state index contributed by atoms with van der Waals surface area (Å²) < 4.78 is 5.45. The van der Waals surface area contributed by atoms with Crippen LogP contribution < -0.4 is 5.32 Å². The normalized spacial score (nSPS) is 12.6. The highest BCUT2D eigenvalue weighted by Crippen LogP contribution is 2.20. The molecular formula is C29H59NO5. The average Bonchev–Trinajstić information content (AvgIpc) is 2.88. The molecule has 0 fully saturated rings. The van der Waals surface area contributed by atoms with E-state index >= 15 is 0 Å². The largest absolute Gasteiger partial charge is 0.449 e. The van der Waals surface area contributed by atoms with Gasteiger partial charge >= 0.3 is 6.09 Å². The van der Waals surface area contributed by atoms with Gasteiger partial charge in [-0.25, -0.2) is 4.79 Å². The Kier molecular flexibility index (Phi) is 24.2. The van der Waals surface area contributed by atoms with E-state index in [1.165, 1.54) is 103 Å². The molecule has 0 rings (SSSR count). The molecule has 1 atom stereocenters. The van der Waals surface area contributed by atoms with Crippen molar-refractivity contribution in [3.63, 3.8) is 0 Å². The second kappa shape index (κ2) is 24.8. The number of alkyl carbamates (subject to hydrolysis) is 1. The monoisotopic (exact) mass is 501 g/mol. The molecule has 0 saturated carbocycles. The van der Waals surface area contributed by atoms with E-state index in [4.69, 9.17) is 4.74 Å². The number of unbranched alkanes of at least 4 members (excludes halogenated alkanes) is 16. The second-order valence-electron chi connectivity index (χ2n) is 10.6. The fourth-order valence-corrected chi connectivity index (χ4v) is 4.51. The summed E-state index contributed by atoms with van der Waals surface area (Å²) in [5.41, 5.74) is -1.44. The van der Waals surface area contributed by atoms with Gasteiger partial charge in [0, 0.05) is 0 Å². The fraction of sp³-hybridized carbons (Fsp3) is 0.966. The van der Waals surface area contributed by atoms with Gasteiger partial charge in [-0.2, -0.15) is 0 Å². The molecule has 0 saturated heterocycles. The predicted octanol–water partition coefficient (Wildman–Crippen LogP) is 6.89. The summed E-state index contributed by atoms with van der Waals surface area (Å²) in [6, 6.07) is 0. The van der Waals surface area contributed by atoms with Gasteiger partial charge in [0.2, 0.25) is 0 Å². The van der Waals surface area contributed by atoms with Crippen LogP contribution >= 0.6 is 0 Å². The van der Waals surface area contributed by atoms with Crippen molar-refractivity contribution in [2.75, 3.05) is 26.4 Å². The molecule has 0 aromatic heterocycles. The molecule has 0 aliphatic heterocycles. The SMILES string of the molecule is CCCCCCCCCCCCC(CCCCCCCCCC)COC(=O)NC(CO)(CO)CO. The Bertz CT molecular complexity index is 448. The molecule has 0 radical (unpaired) electrons. The van der Waals surface area contributed by atoms with Gasteiger partial charge < -0.3 is 25.4 Å². The Morgan fingerprint density at radius 1 is 0.629 bits per heavy atom. The van der Waals surface area contributed by atoms with Crippen LogP contribution in [0.1, 0.15) is 142 Å². The third-order valence-corrected chi connectivity index (χ3v) is 7.16. The first-order chi connectivity index (χ1) is 17.1. The van der Waals surface area contributed by atoms with Crippen molar-refractivity contribution < 1.29 is 24.9 Å². The second-order valence-corrected chi connectivity index (χ2v) is 10.6. The highest BCUT2D eigenvalue weighted by molar-refractivity contribution is 5.68. The van der Waals surface area contributed by atoms with E-state index in [9.17, 15) is 20.1 Å². The van der Waals surface area contributed by atoms with E-state index < -0.39 is 31.5 Å². The number of aliphatic hydroxyl groups excluding tert-OH is 3. The first kappa shape index (κ1) is 34.1. The minimum atomic E-state index is -1.44. The predicted molar refractivity (Wildman–Crippen MR) is 146 cm³/mol. The van der Waals surface area contributed by atoms with Crippen LogP contribution in [0.5, 0.6) is 0 Å². The number of nitrogens with one attached hydrogen (secondary N) is 1. The van der Waals surface area contributed by atoms with Crippen molar-refractivity contribution in [3.05, 3.63) is 0 Å². The Labute approximate surface area is 216 Å². The van der Waals surface area contributed by atoms with Crippen molar-refractivity contribution in [1.29, 1.82) is 0 Å². The standard InChI is InChI=1S/C29H59NO5/c1-3-5-7-9-11-13-14-16-18-20-22-27(21-19-17-15-12-10-8-6-4-2)23-35-28(34)30-29(24-31,25-32)26-33/h27,31-33H,3-26H2,1-2H3,(H,30,34). The third-order valence-electron chi connectivity index (χ3n) is 7.16. The first-order valence-electron chi connectivity index (χ1n) is 14.8. The maximum absolute atomic E-state index is 12.2. The van der Waals surface area contributed by atoms with Gasteiger partial charge in [-0.1, -0.05) is 129 Å². The molecule has 0 spiro atoms. The van der Waals surface area contributed by atoms with Crippen LogP contribution in [0, 0.1) is 5.92 Å². The van der Waals surface area contributed by atoms with Crippen molar-refractivity contribution in [2.24, 2.45) is 5.92 Å². The maximum Gasteiger partial charge on any atom is 0.407 e. The molecule has 4 N–H and O–H groups in total. The molecular weight excluding hydrogens is 442 g/mol. The number of carbonyl (C=O) groups excluding carboxylic acids is 1. The number of aliphatic hydroxyl groups is 3. The van der Waals surface area contributed by atoms with Crippen molar-refractivity contribution in [3.8, 4) is 0 Å². The van der Waals surface area contributed by atoms with Crippen LogP contribution in [0.15, 0.2) is 0 Å².